The molecule has 0 heterocycles. The Morgan fingerprint density at radius 1 is 1.27 bits per heavy atom. The van der Waals surface area contributed by atoms with Gasteiger partial charge in [0.05, 0.1) is 0 Å². The van der Waals surface area contributed by atoms with Crippen molar-refractivity contribution in [3.8, 4) is 0 Å². The van der Waals surface area contributed by atoms with E-state index < -0.39 is 5.97 Å². The van der Waals surface area contributed by atoms with Crippen molar-refractivity contribution < 1.29 is 15.4 Å². The van der Waals surface area contributed by atoms with Gasteiger partial charge in [-0.15, -0.1) is 0 Å². The smallest absolute Gasteiger partial charge is 0.303 e. The van der Waals surface area contributed by atoms with Gasteiger partial charge in [-0.2, -0.15) is 0 Å². The zero-order chi connectivity index (χ0) is 11.8. The summed E-state index contributed by atoms with van der Waals surface area (Å²) in [5, 5.41) is 7.91. The average Bonchev–Trinajstić information content (AvgIpc) is 1.80. The van der Waals surface area contributed by atoms with Crippen molar-refractivity contribution in [3.63, 3.8) is 0 Å². The van der Waals surface area contributed by atoms with Crippen molar-refractivity contribution in [1.29, 1.82) is 0 Å². The zero-order valence-corrected chi connectivity index (χ0v) is 11.1. The van der Waals surface area contributed by atoms with E-state index in [0.717, 1.165) is 12.3 Å². The van der Waals surface area contributed by atoms with Gasteiger partial charge in [-0.25, -0.2) is 0 Å². The quantitative estimate of drug-likeness (QED) is 0.793. The van der Waals surface area contributed by atoms with Crippen molar-refractivity contribution in [2.45, 2.75) is 60.8 Å². The molecule has 0 aliphatic carbocycles. The molecule has 3 N–H and O–H groups in total. The molecule has 0 aromatic carbocycles. The lowest BCUT2D eigenvalue weighted by Gasteiger charge is -2.19. The predicted octanol–water partition coefficient (Wildman–Crippen LogP) is 3.13. The van der Waals surface area contributed by atoms with E-state index in [9.17, 15) is 4.79 Å². The van der Waals surface area contributed by atoms with E-state index in [1.807, 2.05) is 6.92 Å². The molecule has 94 valence electrons. The van der Waals surface area contributed by atoms with Crippen LogP contribution in [0.1, 0.15) is 60.8 Å². The van der Waals surface area contributed by atoms with Crippen LogP contribution in [0.25, 0.3) is 0 Å². The molecule has 0 saturated heterocycles. The SMILES string of the molecule is CC(C)CC(C)(C)C.CCCC(=O)O.O. The maximum Gasteiger partial charge on any atom is 0.303 e. The fourth-order valence-electron chi connectivity index (χ4n) is 1.44. The molecule has 0 bridgehead atoms. The fourth-order valence-corrected chi connectivity index (χ4v) is 1.44. The highest BCUT2D eigenvalue weighted by molar-refractivity contribution is 5.66. The molecule has 0 radical (unpaired) electrons. The van der Waals surface area contributed by atoms with Crippen molar-refractivity contribution in [2.75, 3.05) is 0 Å². The number of hydrogen-bond acceptors (Lipinski definition) is 1. The van der Waals surface area contributed by atoms with Crippen molar-refractivity contribution in [3.05, 3.63) is 0 Å². The number of aliphatic carboxylic acids is 1. The first kappa shape index (κ1) is 19.9. The summed E-state index contributed by atoms with van der Waals surface area (Å²) >= 11 is 0. The molecular formula is C12H28O3. The van der Waals surface area contributed by atoms with E-state index in [-0.39, 0.29) is 5.48 Å². The van der Waals surface area contributed by atoms with E-state index >= 15 is 0 Å². The summed E-state index contributed by atoms with van der Waals surface area (Å²) in [7, 11) is 0. The molecule has 15 heavy (non-hydrogen) atoms. The largest absolute Gasteiger partial charge is 0.481 e. The summed E-state index contributed by atoms with van der Waals surface area (Å²) < 4.78 is 0. The summed E-state index contributed by atoms with van der Waals surface area (Å²) in [6, 6.07) is 0. The summed E-state index contributed by atoms with van der Waals surface area (Å²) in [6.45, 7) is 13.2. The van der Waals surface area contributed by atoms with Crippen LogP contribution in [0.15, 0.2) is 0 Å². The molecule has 0 aliphatic rings. The summed E-state index contributed by atoms with van der Waals surface area (Å²) in [5.74, 6) is 0.132. The monoisotopic (exact) mass is 220 g/mol. The Hall–Kier alpha value is -0.570. The maximum absolute atomic E-state index is 9.60. The second-order valence-corrected chi connectivity index (χ2v) is 5.30. The highest BCUT2D eigenvalue weighted by atomic mass is 16.4. The Morgan fingerprint density at radius 3 is 1.67 bits per heavy atom. The van der Waals surface area contributed by atoms with Crippen LogP contribution >= 0.6 is 0 Å². The van der Waals surface area contributed by atoms with Crippen LogP contribution in [0, 0.1) is 11.3 Å². The van der Waals surface area contributed by atoms with Crippen LogP contribution < -0.4 is 0 Å². The highest BCUT2D eigenvalue weighted by Gasteiger charge is 2.11. The lowest BCUT2D eigenvalue weighted by atomic mass is 9.86. The minimum Gasteiger partial charge on any atom is -0.481 e. The van der Waals surface area contributed by atoms with Gasteiger partial charge in [0.15, 0.2) is 0 Å². The molecule has 0 aliphatic heterocycles. The van der Waals surface area contributed by atoms with Crippen LogP contribution in [-0.4, -0.2) is 16.6 Å². The Kier molecular flexibility index (Phi) is 13.2. The number of hydrogen-bond donors (Lipinski definition) is 1. The summed E-state index contributed by atoms with van der Waals surface area (Å²) in [5.41, 5.74) is 0.522. The third-order valence-electron chi connectivity index (χ3n) is 1.48. The molecule has 0 amide bonds. The molecule has 0 unspecified atom stereocenters. The number of carbonyl (C=O) groups is 1. The minimum atomic E-state index is -0.711. The van der Waals surface area contributed by atoms with E-state index in [0.29, 0.717) is 11.8 Å². The molecule has 0 aromatic rings. The number of carboxylic acids is 1. The first-order valence-corrected chi connectivity index (χ1v) is 5.40. The molecule has 3 nitrogen and oxygen atoms in total. The van der Waals surface area contributed by atoms with E-state index in [1.165, 1.54) is 6.42 Å². The summed E-state index contributed by atoms with van der Waals surface area (Å²) in [6.07, 6.45) is 2.35. The van der Waals surface area contributed by atoms with Gasteiger partial charge in [0.2, 0.25) is 0 Å². The molecule has 0 rings (SSSR count). The normalized spacial score (nSPS) is 10.1. The average molecular weight is 220 g/mol. The van der Waals surface area contributed by atoms with Crippen molar-refractivity contribution in [1.82, 2.24) is 0 Å². The van der Waals surface area contributed by atoms with Gasteiger partial charge in [-0.3, -0.25) is 4.79 Å². The molecule has 0 saturated carbocycles. The van der Waals surface area contributed by atoms with Crippen LogP contribution in [0.4, 0.5) is 0 Å². The van der Waals surface area contributed by atoms with Crippen LogP contribution in [0.5, 0.6) is 0 Å². The van der Waals surface area contributed by atoms with Gasteiger partial charge in [0.1, 0.15) is 0 Å². The second-order valence-electron chi connectivity index (χ2n) is 5.30. The maximum atomic E-state index is 9.60. The first-order chi connectivity index (χ1) is 6.19. The highest BCUT2D eigenvalue weighted by Crippen LogP contribution is 2.23. The third kappa shape index (κ3) is 31.8. The molecule has 0 spiro atoms. The Balaban J connectivity index is -0.000000187. The summed E-state index contributed by atoms with van der Waals surface area (Å²) in [4.78, 5) is 9.60. The van der Waals surface area contributed by atoms with E-state index in [1.54, 1.807) is 0 Å². The van der Waals surface area contributed by atoms with Gasteiger partial charge in [-0.05, 0) is 24.2 Å². The topological polar surface area (TPSA) is 68.8 Å². The standard InChI is InChI=1S/C8H18.C4H8O2.H2O/c1-7(2)6-8(3,4)5;1-2-3-4(5)6;/h7H,6H2,1-5H3;2-3H2,1H3,(H,5,6);1H2. The zero-order valence-electron chi connectivity index (χ0n) is 11.1. The van der Waals surface area contributed by atoms with E-state index in [2.05, 4.69) is 34.6 Å². The van der Waals surface area contributed by atoms with Crippen LogP contribution in [0.2, 0.25) is 0 Å². The Bertz CT molecular complexity index is 145. The van der Waals surface area contributed by atoms with Gasteiger partial charge in [0, 0.05) is 6.42 Å². The Labute approximate surface area is 94.2 Å². The first-order valence-electron chi connectivity index (χ1n) is 5.40. The molecule has 0 atom stereocenters. The van der Waals surface area contributed by atoms with E-state index in [4.69, 9.17) is 5.11 Å². The number of carboxylic acid groups (broad SMARTS) is 1. The third-order valence-corrected chi connectivity index (χ3v) is 1.48. The number of rotatable bonds is 3. The van der Waals surface area contributed by atoms with Gasteiger partial charge in [0.25, 0.3) is 0 Å². The molecule has 0 fully saturated rings. The predicted molar refractivity (Wildman–Crippen MR) is 65.1 cm³/mol. The molecular weight excluding hydrogens is 192 g/mol. The van der Waals surface area contributed by atoms with Gasteiger partial charge >= 0.3 is 5.97 Å². The molecule has 0 aromatic heterocycles. The van der Waals surface area contributed by atoms with Crippen LogP contribution in [-0.2, 0) is 4.79 Å². The van der Waals surface area contributed by atoms with Gasteiger partial charge in [-0.1, -0.05) is 41.5 Å². The minimum absolute atomic E-state index is 0. The molecule has 3 heteroatoms. The second kappa shape index (κ2) is 9.97. The van der Waals surface area contributed by atoms with Crippen molar-refractivity contribution >= 4 is 5.97 Å². The van der Waals surface area contributed by atoms with Crippen molar-refractivity contribution in [2.24, 2.45) is 11.3 Å². The van der Waals surface area contributed by atoms with Crippen LogP contribution in [0.3, 0.4) is 0 Å². The Morgan fingerprint density at radius 2 is 1.67 bits per heavy atom. The lowest BCUT2D eigenvalue weighted by molar-refractivity contribution is -0.137. The lowest BCUT2D eigenvalue weighted by Crippen LogP contribution is -2.08. The van der Waals surface area contributed by atoms with Gasteiger partial charge < -0.3 is 10.6 Å². The fraction of sp³-hybridized carbons (Fsp3) is 0.917.